The van der Waals surface area contributed by atoms with Gasteiger partial charge in [0.15, 0.2) is 0 Å². The van der Waals surface area contributed by atoms with Gasteiger partial charge in [-0.15, -0.1) is 5.53 Å². The molecule has 2 amide bonds. The maximum Gasteiger partial charge on any atom is 0.256 e. The quantitative estimate of drug-likeness (QED) is 0.0329. The number of benzene rings is 1. The number of rotatable bonds is 23. The van der Waals surface area contributed by atoms with Gasteiger partial charge in [-0.25, -0.2) is 4.39 Å². The Bertz CT molecular complexity index is 1570. The van der Waals surface area contributed by atoms with Crippen molar-refractivity contribution in [2.45, 2.75) is 33.1 Å². The van der Waals surface area contributed by atoms with Crippen LogP contribution < -0.4 is 21.6 Å². The molecule has 0 bridgehead atoms. The van der Waals surface area contributed by atoms with Crippen LogP contribution in [0.2, 0.25) is 0 Å². The fourth-order valence-corrected chi connectivity index (χ4v) is 5.21. The summed E-state index contributed by atoms with van der Waals surface area (Å²) in [5.74, 6) is -0.992. The van der Waals surface area contributed by atoms with Gasteiger partial charge >= 0.3 is 0 Å². The van der Waals surface area contributed by atoms with Crippen LogP contribution in [0.1, 0.15) is 53.6 Å². The molecule has 0 atom stereocenters. The molecule has 4 rings (SSSR count). The van der Waals surface area contributed by atoms with Gasteiger partial charge in [0.2, 0.25) is 0 Å². The molecule has 72 heteroatoms. The Morgan fingerprint density at radius 2 is 0.813 bits per heavy atom. The minimum Gasteiger partial charge on any atom is -0.400 e. The Kier molecular flexibility index (Phi) is 428. The Morgan fingerprint density at radius 1 is 0.477 bits per heavy atom. The van der Waals surface area contributed by atoms with Crippen LogP contribution in [0, 0.1) is 19.7 Å². The van der Waals surface area contributed by atoms with E-state index in [0.717, 1.165) is 12.8 Å². The molecule has 107 heavy (non-hydrogen) atoms. The summed E-state index contributed by atoms with van der Waals surface area (Å²) >= 11 is 0. The number of methoxy groups -OCH3 is 1. The van der Waals surface area contributed by atoms with Crippen LogP contribution in [-0.2, 0) is 33.3 Å². The molecule has 1 aromatic carbocycles. The predicted molar refractivity (Wildman–Crippen MR) is 338 cm³/mol. The monoisotopic (exact) mass is 1670 g/mol. The first-order chi connectivity index (χ1) is 52.8. The van der Waals surface area contributed by atoms with Crippen LogP contribution in [0.25, 0.3) is 11.6 Å². The smallest absolute Gasteiger partial charge is 0.256 e. The lowest BCUT2D eigenvalue weighted by Gasteiger charge is -2.14. The van der Waals surface area contributed by atoms with E-state index in [1.165, 1.54) is 18.2 Å². The zero-order chi connectivity index (χ0) is 93.0. The number of amides is 2. The number of aromatic amines is 1. The number of aliphatic hydroxyl groups excluding tert-OH is 1. The zero-order valence-corrected chi connectivity index (χ0v) is 54.9. The lowest BCUT2D eigenvalue weighted by atomic mass is 10.0. The number of nitrogens with zero attached hydrogens (tertiary/aromatic N) is 1. The average Bonchev–Trinajstić information content (AvgIpc) is 1.64. The van der Waals surface area contributed by atoms with Crippen molar-refractivity contribution in [1.82, 2.24) is 26.3 Å². The summed E-state index contributed by atoms with van der Waals surface area (Å²) in [5.41, 5.74) is 10.7. The molecular weight excluding hydrogens is 1560 g/mol. The molecule has 0 saturated carbocycles. The van der Waals surface area contributed by atoms with E-state index in [1.807, 2.05) is 11.2 Å². The number of nitrogens with one attached hydrogen (secondary N) is 5. The number of aromatic nitrogens is 1. The first-order valence-electron chi connectivity index (χ1n) is 22.4. The number of halogens is 1. The van der Waals surface area contributed by atoms with E-state index < -0.39 is 5.82 Å². The maximum absolute atomic E-state index is 13.8. The summed E-state index contributed by atoms with van der Waals surface area (Å²) in [6.45, 7) is 8.67. The standard InChI is InChI=1S/C34H47FN6O8.CH4O.28H2O2.H2/c1-23-31(20-29-28-19-25(35)6-7-30(28)38-33(29)43)37-24(2)32(23)34(44)36-9-4-5-27(42)8-11-46-15-17-48-18-16-47-12-10-41-21-26(39-40-41)22-49-14-13-45-3;29*1-2;/h6-7,19-21,37,39-40H,4-5,8-18,22H2,1-3H3,(H,36,44)(H,38,43);2H,1H3;28*1-2H;1H/b29-20-;;;;;;;;;;;;;;;;;;;;;;;;;;;;;;/i;;;;;;;;;;;;;;;;;;;;;;;;;;;;;;1+1. The van der Waals surface area contributed by atoms with E-state index in [-0.39, 0.29) is 19.0 Å². The normalized spacial score (nSPS) is 8.32. The third kappa shape index (κ3) is 154. The second-order valence-electron chi connectivity index (χ2n) is 11.5. The van der Waals surface area contributed by atoms with Crippen LogP contribution in [-0.4, -0.2) is 414 Å². The fourth-order valence-electron chi connectivity index (χ4n) is 5.21. The van der Waals surface area contributed by atoms with E-state index in [9.17, 15) is 18.8 Å². The predicted octanol–water partition coefficient (Wildman–Crippen LogP) is 2.95. The molecule has 0 radical (unpaired) electrons. The van der Waals surface area contributed by atoms with Crippen molar-refractivity contribution in [2.24, 2.45) is 0 Å². The molecule has 2 aliphatic heterocycles. The summed E-state index contributed by atoms with van der Waals surface area (Å²) in [5, 5.41) is 350. The van der Waals surface area contributed by atoms with Crippen molar-refractivity contribution in [3.8, 4) is 0 Å². The number of hydrogen-bond acceptors (Lipinski definition) is 68. The van der Waals surface area contributed by atoms with Gasteiger partial charge in [0.1, 0.15) is 11.6 Å². The molecule has 3 heterocycles. The largest absolute Gasteiger partial charge is 0.400 e. The van der Waals surface area contributed by atoms with Crippen LogP contribution in [0.5, 0.6) is 0 Å². The Hall–Kier alpha value is -6.40. The molecular formula is C35H109FN6O65. The van der Waals surface area contributed by atoms with E-state index in [0.29, 0.717) is 131 Å². The van der Waals surface area contributed by atoms with Gasteiger partial charge in [0.05, 0.1) is 82.8 Å². The van der Waals surface area contributed by atoms with Crippen LogP contribution in [0.4, 0.5) is 10.1 Å². The van der Waals surface area contributed by atoms with Gasteiger partial charge in [-0.3, -0.25) is 314 Å². The molecule has 0 unspecified atom stereocenters. The molecule has 0 fully saturated rings. The molecule has 62 N–H and O–H groups in total. The topological polar surface area (TPSA) is 1320 Å². The number of ether oxygens (including phenoxy) is 5. The van der Waals surface area contributed by atoms with Gasteiger partial charge in [-0.1, -0.05) is 0 Å². The number of carbonyl (C=O) groups excluding carboxylic acids is 3. The van der Waals surface area contributed by atoms with Gasteiger partial charge in [-0.05, 0) is 50.1 Å². The van der Waals surface area contributed by atoms with Gasteiger partial charge in [0.25, 0.3) is 11.8 Å². The number of hydrogen-bond donors (Lipinski definition) is 62. The zero-order valence-electron chi connectivity index (χ0n) is 54.9. The summed E-state index contributed by atoms with van der Waals surface area (Å²) in [6.07, 6.45) is 4.68. The van der Waals surface area contributed by atoms with Gasteiger partial charge in [0, 0.05) is 63.9 Å². The van der Waals surface area contributed by atoms with Crippen molar-refractivity contribution >= 4 is 34.9 Å². The number of hydrazine groups is 2. The van der Waals surface area contributed by atoms with E-state index in [2.05, 4.69) is 26.6 Å². The first kappa shape index (κ1) is 179. The maximum atomic E-state index is 13.8. The van der Waals surface area contributed by atoms with Crippen molar-refractivity contribution in [1.29, 1.82) is 0 Å². The highest BCUT2D eigenvalue weighted by Gasteiger charge is 2.26. The Labute approximate surface area is 593 Å². The summed E-state index contributed by atoms with van der Waals surface area (Å²) in [4.78, 5) is 40.9. The third-order valence-corrected chi connectivity index (χ3v) is 7.78. The van der Waals surface area contributed by atoms with Crippen LogP contribution in [0.3, 0.4) is 0 Å². The minimum atomic E-state index is -0.441. The number of ketones is 1. The molecule has 0 spiro atoms. The van der Waals surface area contributed by atoms with E-state index in [4.69, 9.17) is 323 Å². The fraction of sp³-hybridized carbons (Fsp3) is 0.514. The Morgan fingerprint density at radius 3 is 1.17 bits per heavy atom. The molecule has 0 aliphatic carbocycles. The minimum absolute atomic E-state index is 0. The molecule has 2 aliphatic rings. The number of fused-ring (bicyclic) bond motifs is 1. The lowest BCUT2D eigenvalue weighted by molar-refractivity contribution is -0.176. The molecule has 0 saturated heterocycles. The van der Waals surface area contributed by atoms with E-state index >= 15 is 0 Å². The average molecular weight is 1670 g/mol. The number of Topliss-reactive ketones (excluding diaryl/α,β-unsaturated/α-hetero) is 1. The number of carbonyl (C=O) groups is 3. The second kappa shape index (κ2) is 255. The third-order valence-electron chi connectivity index (χ3n) is 7.78. The summed E-state index contributed by atoms with van der Waals surface area (Å²) < 4.78 is 40.8. The SMILES string of the molecule is CO.COCCOCC1=CN(CCOCCOCCOCCC(=O)CCCNC(=O)c2c(C)[nH]c(/C=C3\C(=O)Nc4ccc(F)cc43)c2C)NN1.OO.OO.OO.OO.OO.OO.OO.OO.OO.OO.OO.OO.OO.OO.OO.OO.OO.OO.OO.OO.OO.OO.OO.OO.OO.OO.OO.OO.[2HH]. The lowest BCUT2D eigenvalue weighted by Crippen LogP contribution is -2.38. The molecule has 71 nitrogen and oxygen atoms in total. The second-order valence-corrected chi connectivity index (χ2v) is 11.5. The van der Waals surface area contributed by atoms with Gasteiger partial charge in [-0.2, -0.15) is 0 Å². The highest BCUT2D eigenvalue weighted by atomic mass is 19.1. The van der Waals surface area contributed by atoms with Crippen LogP contribution >= 0.6 is 0 Å². The Balaban J connectivity index is -0.0000000374. The van der Waals surface area contributed by atoms with Crippen molar-refractivity contribution in [3.63, 3.8) is 0 Å². The van der Waals surface area contributed by atoms with Crippen molar-refractivity contribution in [2.75, 3.05) is 92.1 Å². The number of H-pyrrole nitrogens is 1. The highest BCUT2D eigenvalue weighted by molar-refractivity contribution is 6.35. The molecule has 1 aromatic heterocycles. The summed E-state index contributed by atoms with van der Waals surface area (Å²) in [6, 6.07) is 4.12. The van der Waals surface area contributed by atoms with Gasteiger partial charge < -0.3 is 49.8 Å². The molecule has 676 valence electrons. The van der Waals surface area contributed by atoms with Crippen LogP contribution in [0.15, 0.2) is 30.1 Å². The number of anilines is 1. The number of aryl methyl sites for hydroxylation is 1. The van der Waals surface area contributed by atoms with Crippen molar-refractivity contribution < 1.29 is 343 Å². The van der Waals surface area contributed by atoms with E-state index in [1.54, 1.807) is 27.0 Å². The molecule has 2 aromatic rings. The first-order valence-corrected chi connectivity index (χ1v) is 22.4. The number of aliphatic hydroxyl groups is 1. The summed E-state index contributed by atoms with van der Waals surface area (Å²) in [7, 11) is 2.64. The highest BCUT2D eigenvalue weighted by Crippen LogP contribution is 2.34. The van der Waals surface area contributed by atoms with Crippen molar-refractivity contribution in [3.05, 3.63) is 64.0 Å².